The van der Waals surface area contributed by atoms with Gasteiger partial charge in [0.15, 0.2) is 0 Å². The highest BCUT2D eigenvalue weighted by Crippen LogP contribution is 2.25. The Morgan fingerprint density at radius 1 is 1.15 bits per heavy atom. The van der Waals surface area contributed by atoms with Crippen LogP contribution in [0.2, 0.25) is 0 Å². The molecule has 0 spiro atoms. The molecule has 0 aromatic rings. The Balaban J connectivity index is 4.40. The van der Waals surface area contributed by atoms with Gasteiger partial charge < -0.3 is 9.47 Å². The van der Waals surface area contributed by atoms with Crippen molar-refractivity contribution in [2.24, 2.45) is 11.3 Å². The minimum atomic E-state index is -4.37. The van der Waals surface area contributed by atoms with Gasteiger partial charge in [0.1, 0.15) is 6.61 Å². The Hall–Kier alpha value is -1.27. The monoisotopic (exact) mass is 298 g/mol. The third kappa shape index (κ3) is 6.77. The molecule has 0 amide bonds. The molecule has 4 nitrogen and oxygen atoms in total. The van der Waals surface area contributed by atoms with Crippen LogP contribution in [0.4, 0.5) is 13.2 Å². The summed E-state index contributed by atoms with van der Waals surface area (Å²) in [6.45, 7) is 5.53. The van der Waals surface area contributed by atoms with Gasteiger partial charge in [-0.05, 0) is 13.3 Å². The van der Waals surface area contributed by atoms with E-state index in [0.717, 1.165) is 0 Å². The molecule has 118 valence electrons. The van der Waals surface area contributed by atoms with Crippen molar-refractivity contribution in [3.8, 4) is 0 Å². The summed E-state index contributed by atoms with van der Waals surface area (Å²) in [6.07, 6.45) is -5.26. The first-order valence-electron chi connectivity index (χ1n) is 6.42. The second kappa shape index (κ2) is 7.50. The van der Waals surface area contributed by atoms with Crippen molar-refractivity contribution in [3.05, 3.63) is 0 Å². The Morgan fingerprint density at radius 2 is 1.70 bits per heavy atom. The van der Waals surface area contributed by atoms with Crippen LogP contribution in [-0.4, -0.2) is 31.3 Å². The lowest BCUT2D eigenvalue weighted by molar-refractivity contribution is -0.171. The highest BCUT2D eigenvalue weighted by molar-refractivity contribution is 5.77. The molecule has 7 heteroatoms. The summed E-state index contributed by atoms with van der Waals surface area (Å²) in [7, 11) is 0. The average molecular weight is 298 g/mol. The van der Waals surface area contributed by atoms with Gasteiger partial charge >= 0.3 is 18.1 Å². The van der Waals surface area contributed by atoms with Crippen LogP contribution < -0.4 is 0 Å². The van der Waals surface area contributed by atoms with Crippen LogP contribution >= 0.6 is 0 Å². The van der Waals surface area contributed by atoms with Crippen molar-refractivity contribution >= 4 is 11.9 Å². The zero-order valence-electron chi connectivity index (χ0n) is 12.2. The van der Waals surface area contributed by atoms with Crippen LogP contribution in [0.1, 0.15) is 40.5 Å². The van der Waals surface area contributed by atoms with E-state index in [2.05, 4.69) is 4.74 Å². The first-order chi connectivity index (χ1) is 9.02. The molecule has 0 aromatic carbocycles. The van der Waals surface area contributed by atoms with Crippen LogP contribution in [0, 0.1) is 11.3 Å². The Labute approximate surface area is 116 Å². The summed E-state index contributed by atoms with van der Waals surface area (Å²) < 4.78 is 45.5. The molecule has 0 fully saturated rings. The molecule has 0 aliphatic rings. The number of carbonyl (C=O) groups excluding carboxylic acids is 2. The number of hydrogen-bond donors (Lipinski definition) is 0. The lowest BCUT2D eigenvalue weighted by Crippen LogP contribution is -2.36. The SMILES string of the molecule is CCC(C)(COC(=O)C(C)C)C(=O)OCCC(F)(F)F. The lowest BCUT2D eigenvalue weighted by atomic mass is 9.89. The van der Waals surface area contributed by atoms with E-state index in [1.807, 2.05) is 0 Å². The van der Waals surface area contributed by atoms with Gasteiger partial charge in [-0.3, -0.25) is 9.59 Å². The van der Waals surface area contributed by atoms with Crippen LogP contribution in [0.25, 0.3) is 0 Å². The molecule has 0 saturated carbocycles. The number of ether oxygens (including phenoxy) is 2. The van der Waals surface area contributed by atoms with E-state index in [1.165, 1.54) is 6.92 Å². The molecular formula is C13H21F3O4. The second-order valence-corrected chi connectivity index (χ2v) is 5.18. The molecule has 0 radical (unpaired) electrons. The standard InChI is InChI=1S/C13H21F3O4/c1-5-12(4,8-20-10(17)9(2)3)11(18)19-7-6-13(14,15)16/h9H,5-8H2,1-4H3. The Bertz CT molecular complexity index is 339. The normalized spacial score (nSPS) is 14.8. The third-order valence-electron chi connectivity index (χ3n) is 2.90. The van der Waals surface area contributed by atoms with Gasteiger partial charge in [-0.15, -0.1) is 0 Å². The van der Waals surface area contributed by atoms with Crippen LogP contribution in [0.5, 0.6) is 0 Å². The summed E-state index contributed by atoms with van der Waals surface area (Å²) in [5.74, 6) is -1.59. The predicted molar refractivity (Wildman–Crippen MR) is 65.8 cm³/mol. The number of hydrogen-bond acceptors (Lipinski definition) is 4. The molecule has 0 aliphatic carbocycles. The van der Waals surface area contributed by atoms with E-state index in [1.54, 1.807) is 20.8 Å². The Morgan fingerprint density at radius 3 is 2.10 bits per heavy atom. The van der Waals surface area contributed by atoms with Gasteiger partial charge in [-0.25, -0.2) is 0 Å². The summed E-state index contributed by atoms with van der Waals surface area (Å²) >= 11 is 0. The predicted octanol–water partition coefficient (Wildman–Crippen LogP) is 3.10. The maximum Gasteiger partial charge on any atom is 0.392 e. The maximum atomic E-state index is 12.0. The topological polar surface area (TPSA) is 52.6 Å². The minimum Gasteiger partial charge on any atom is -0.465 e. The largest absolute Gasteiger partial charge is 0.465 e. The first kappa shape index (κ1) is 18.7. The van der Waals surface area contributed by atoms with Crippen LogP contribution in [-0.2, 0) is 19.1 Å². The van der Waals surface area contributed by atoms with Crippen LogP contribution in [0.15, 0.2) is 0 Å². The molecule has 0 aromatic heterocycles. The fourth-order valence-corrected chi connectivity index (χ4v) is 1.14. The number of carbonyl (C=O) groups is 2. The number of esters is 2. The molecule has 1 atom stereocenters. The van der Waals surface area contributed by atoms with E-state index in [0.29, 0.717) is 6.42 Å². The quantitative estimate of drug-likeness (QED) is 0.678. The minimum absolute atomic E-state index is 0.203. The maximum absolute atomic E-state index is 12.0. The zero-order chi connectivity index (χ0) is 16.0. The molecule has 0 bridgehead atoms. The highest BCUT2D eigenvalue weighted by atomic mass is 19.4. The molecule has 0 heterocycles. The van der Waals surface area contributed by atoms with Crippen molar-refractivity contribution in [1.29, 1.82) is 0 Å². The number of rotatable bonds is 7. The van der Waals surface area contributed by atoms with Crippen molar-refractivity contribution in [1.82, 2.24) is 0 Å². The number of alkyl halides is 3. The molecule has 1 unspecified atom stereocenters. The summed E-state index contributed by atoms with van der Waals surface area (Å²) in [6, 6.07) is 0. The molecule has 0 N–H and O–H groups in total. The van der Waals surface area contributed by atoms with Gasteiger partial charge in [0.25, 0.3) is 0 Å². The van der Waals surface area contributed by atoms with E-state index < -0.39 is 36.6 Å². The molecule has 0 aliphatic heterocycles. The fraction of sp³-hybridized carbons (Fsp3) is 0.846. The molecular weight excluding hydrogens is 277 g/mol. The van der Waals surface area contributed by atoms with E-state index in [4.69, 9.17) is 4.74 Å². The Kier molecular flexibility index (Phi) is 7.02. The second-order valence-electron chi connectivity index (χ2n) is 5.18. The average Bonchev–Trinajstić information content (AvgIpc) is 2.33. The zero-order valence-corrected chi connectivity index (χ0v) is 12.2. The molecule has 0 rings (SSSR count). The summed E-state index contributed by atoms with van der Waals surface area (Å²) in [5, 5.41) is 0. The van der Waals surface area contributed by atoms with E-state index in [-0.39, 0.29) is 12.5 Å². The van der Waals surface area contributed by atoms with Crippen LogP contribution in [0.3, 0.4) is 0 Å². The smallest absolute Gasteiger partial charge is 0.392 e. The van der Waals surface area contributed by atoms with Gasteiger partial charge in [0.05, 0.1) is 24.4 Å². The van der Waals surface area contributed by atoms with Crippen molar-refractivity contribution in [2.75, 3.05) is 13.2 Å². The fourth-order valence-electron chi connectivity index (χ4n) is 1.14. The van der Waals surface area contributed by atoms with Gasteiger partial charge in [0, 0.05) is 0 Å². The van der Waals surface area contributed by atoms with E-state index >= 15 is 0 Å². The lowest BCUT2D eigenvalue weighted by Gasteiger charge is -2.25. The highest BCUT2D eigenvalue weighted by Gasteiger charge is 2.36. The van der Waals surface area contributed by atoms with E-state index in [9.17, 15) is 22.8 Å². The van der Waals surface area contributed by atoms with Crippen molar-refractivity contribution in [2.45, 2.75) is 46.7 Å². The van der Waals surface area contributed by atoms with Gasteiger partial charge in [0.2, 0.25) is 0 Å². The summed E-state index contributed by atoms with van der Waals surface area (Å²) in [4.78, 5) is 23.1. The van der Waals surface area contributed by atoms with Crippen molar-refractivity contribution in [3.63, 3.8) is 0 Å². The van der Waals surface area contributed by atoms with Crippen molar-refractivity contribution < 1.29 is 32.2 Å². The summed E-state index contributed by atoms with van der Waals surface area (Å²) in [5.41, 5.74) is -1.13. The van der Waals surface area contributed by atoms with Gasteiger partial charge in [-0.2, -0.15) is 13.2 Å². The third-order valence-corrected chi connectivity index (χ3v) is 2.90. The molecule has 20 heavy (non-hydrogen) atoms. The van der Waals surface area contributed by atoms with Gasteiger partial charge in [-0.1, -0.05) is 20.8 Å². The molecule has 0 saturated heterocycles. The number of halogens is 3. The first-order valence-corrected chi connectivity index (χ1v) is 6.42.